The molecule has 1 heterocycles. The van der Waals surface area contributed by atoms with E-state index in [1.54, 1.807) is 0 Å². The van der Waals surface area contributed by atoms with Crippen LogP contribution in [0.15, 0.2) is 68.3 Å². The van der Waals surface area contributed by atoms with Gasteiger partial charge in [-0.25, -0.2) is 10.1 Å². The molecule has 8 heteroatoms. The van der Waals surface area contributed by atoms with Crippen LogP contribution in [0.4, 0.5) is 0 Å². The molecule has 0 aromatic heterocycles. The number of ether oxygens (including phenoxy) is 2. The van der Waals surface area contributed by atoms with E-state index in [1.165, 1.54) is 23.5 Å². The van der Waals surface area contributed by atoms with E-state index >= 15 is 0 Å². The molecule has 0 amide bonds. The van der Waals surface area contributed by atoms with E-state index in [1.807, 2.05) is 30.3 Å². The largest absolute Gasteiger partial charge is 0.425 e. The second-order valence-corrected chi connectivity index (χ2v) is 15.1. The quantitative estimate of drug-likeness (QED) is 0.0834. The molecule has 6 nitrogen and oxygen atoms in total. The van der Waals surface area contributed by atoms with Crippen LogP contribution in [-0.2, 0) is 9.59 Å². The number of fused-ring (bicyclic) bond motifs is 1. The van der Waals surface area contributed by atoms with Crippen LogP contribution in [0.3, 0.4) is 0 Å². The highest BCUT2D eigenvalue weighted by Gasteiger charge is 2.49. The Kier molecular flexibility index (Phi) is 7.67. The van der Waals surface area contributed by atoms with Gasteiger partial charge < -0.3 is 9.47 Å². The van der Waals surface area contributed by atoms with Crippen molar-refractivity contribution in [2.45, 2.75) is 85.8 Å². The van der Waals surface area contributed by atoms with Crippen LogP contribution in [-0.4, -0.2) is 11.9 Å². The van der Waals surface area contributed by atoms with Gasteiger partial charge in [0.05, 0.1) is 38.5 Å². The van der Waals surface area contributed by atoms with Crippen LogP contribution in [0.2, 0.25) is 0 Å². The molecule has 3 aromatic rings. The zero-order valence-electron chi connectivity index (χ0n) is 25.3. The van der Waals surface area contributed by atoms with Crippen molar-refractivity contribution >= 4 is 35.5 Å². The summed E-state index contributed by atoms with van der Waals surface area (Å²) < 4.78 is 13.6. The molecular formula is C38H32N2O4S2. The Morgan fingerprint density at radius 2 is 1.09 bits per heavy atom. The first-order valence-corrected chi connectivity index (χ1v) is 17.9. The smallest absolute Gasteiger partial charge is 0.314 e. The number of allylic oxidation sites excluding steroid dienone is 1. The molecule has 2 bridgehead atoms. The Labute approximate surface area is 277 Å². The number of nitrogens with zero attached hydrogens (tertiary/aromatic N) is 2. The highest BCUT2D eigenvalue weighted by molar-refractivity contribution is 8.24. The van der Waals surface area contributed by atoms with Crippen LogP contribution < -0.4 is 9.47 Å². The van der Waals surface area contributed by atoms with Gasteiger partial charge in [0.15, 0.2) is 11.5 Å². The fraction of sp³-hybridized carbons (Fsp3) is 0.368. The number of hydrogen-bond acceptors (Lipinski definition) is 7. The molecule has 0 saturated heterocycles. The van der Waals surface area contributed by atoms with Gasteiger partial charge in [0.2, 0.25) is 0 Å². The SMILES string of the molecule is [C-]#[N+]C(C#N)=C1Sc2c(OC(=O)C3CCCCC3)c3c(c(OC(=O)C4CCCCC4)c2S1)C1c2ccccc2C3c2ccccc21. The topological polar surface area (TPSA) is 80.8 Å². The molecule has 6 aliphatic rings. The van der Waals surface area contributed by atoms with Gasteiger partial charge in [-0.05, 0) is 47.9 Å². The van der Waals surface area contributed by atoms with Crippen molar-refractivity contribution in [3.05, 3.63) is 103 Å². The number of hydrogen-bond donors (Lipinski definition) is 0. The van der Waals surface area contributed by atoms with Crippen LogP contribution in [0.5, 0.6) is 11.5 Å². The number of carbonyl (C=O) groups excluding carboxylic acids is 2. The first-order chi connectivity index (χ1) is 22.6. The van der Waals surface area contributed by atoms with E-state index in [4.69, 9.17) is 16.0 Å². The van der Waals surface area contributed by atoms with Crippen molar-refractivity contribution < 1.29 is 19.1 Å². The van der Waals surface area contributed by atoms with E-state index in [0.29, 0.717) is 25.5 Å². The van der Waals surface area contributed by atoms with E-state index in [-0.39, 0.29) is 41.3 Å². The average Bonchev–Trinajstić information content (AvgIpc) is 3.55. The fourth-order valence-corrected chi connectivity index (χ4v) is 10.7. The lowest BCUT2D eigenvalue weighted by atomic mass is 9.60. The Hall–Kier alpha value is -3.98. The zero-order valence-corrected chi connectivity index (χ0v) is 27.0. The van der Waals surface area contributed by atoms with Gasteiger partial charge in [0.1, 0.15) is 0 Å². The predicted octanol–water partition coefficient (Wildman–Crippen LogP) is 9.45. The molecule has 0 radical (unpaired) electrons. The first kappa shape index (κ1) is 29.4. The summed E-state index contributed by atoms with van der Waals surface area (Å²) >= 11 is 2.57. The third-order valence-electron chi connectivity index (χ3n) is 10.3. The van der Waals surface area contributed by atoms with Gasteiger partial charge >= 0.3 is 11.9 Å². The van der Waals surface area contributed by atoms with Crippen molar-refractivity contribution in [2.24, 2.45) is 11.8 Å². The van der Waals surface area contributed by atoms with E-state index in [9.17, 15) is 14.9 Å². The number of nitriles is 1. The minimum atomic E-state index is -0.229. The molecule has 2 fully saturated rings. The van der Waals surface area contributed by atoms with Gasteiger partial charge in [-0.1, -0.05) is 111 Å². The number of rotatable bonds is 4. The second-order valence-electron chi connectivity index (χ2n) is 12.8. The Balaban J connectivity index is 1.39. The number of esters is 2. The monoisotopic (exact) mass is 644 g/mol. The normalized spacial score (nSPS) is 21.2. The molecule has 230 valence electrons. The van der Waals surface area contributed by atoms with Gasteiger partial charge in [-0.2, -0.15) is 0 Å². The summed E-state index contributed by atoms with van der Waals surface area (Å²) in [4.78, 5) is 32.7. The first-order valence-electron chi connectivity index (χ1n) is 16.3. The molecule has 2 saturated carbocycles. The molecular weight excluding hydrogens is 613 g/mol. The van der Waals surface area contributed by atoms with Crippen molar-refractivity contribution in [1.29, 1.82) is 5.26 Å². The fourth-order valence-electron chi connectivity index (χ4n) is 8.15. The number of carbonyl (C=O) groups is 2. The predicted molar refractivity (Wildman–Crippen MR) is 177 cm³/mol. The van der Waals surface area contributed by atoms with E-state index < -0.39 is 0 Å². The third-order valence-corrected chi connectivity index (χ3v) is 12.9. The molecule has 5 aliphatic carbocycles. The second kappa shape index (κ2) is 12.0. The van der Waals surface area contributed by atoms with Gasteiger partial charge in [-0.15, -0.1) is 0 Å². The van der Waals surface area contributed by atoms with Crippen molar-refractivity contribution in [3.8, 4) is 17.6 Å². The number of benzene rings is 3. The lowest BCUT2D eigenvalue weighted by Gasteiger charge is -2.43. The Morgan fingerprint density at radius 3 is 1.43 bits per heavy atom. The maximum Gasteiger partial charge on any atom is 0.314 e. The highest BCUT2D eigenvalue weighted by atomic mass is 32.2. The average molecular weight is 645 g/mol. The maximum absolute atomic E-state index is 13.9. The van der Waals surface area contributed by atoms with Crippen LogP contribution in [0.1, 0.15) is 109 Å². The van der Waals surface area contributed by atoms with Gasteiger partial charge in [0, 0.05) is 23.0 Å². The summed E-state index contributed by atoms with van der Waals surface area (Å²) in [5.74, 6) is -0.269. The Bertz CT molecular complexity index is 1730. The summed E-state index contributed by atoms with van der Waals surface area (Å²) in [5, 5.41) is 9.86. The Morgan fingerprint density at radius 1 is 0.696 bits per heavy atom. The third kappa shape index (κ3) is 4.69. The van der Waals surface area contributed by atoms with Crippen molar-refractivity contribution in [2.75, 3.05) is 0 Å². The van der Waals surface area contributed by atoms with Crippen LogP contribution in [0.25, 0.3) is 4.85 Å². The van der Waals surface area contributed by atoms with Crippen molar-refractivity contribution in [3.63, 3.8) is 0 Å². The molecule has 0 unspecified atom stereocenters. The van der Waals surface area contributed by atoms with Crippen LogP contribution in [0, 0.1) is 29.7 Å². The molecule has 0 atom stereocenters. The molecule has 46 heavy (non-hydrogen) atoms. The molecule has 0 spiro atoms. The zero-order chi connectivity index (χ0) is 31.4. The molecule has 3 aromatic carbocycles. The summed E-state index contributed by atoms with van der Waals surface area (Å²) in [5.41, 5.74) is 6.34. The highest BCUT2D eigenvalue weighted by Crippen LogP contribution is 2.68. The van der Waals surface area contributed by atoms with Crippen LogP contribution >= 0.6 is 23.5 Å². The molecule has 0 N–H and O–H groups in total. The van der Waals surface area contributed by atoms with E-state index in [0.717, 1.165) is 97.6 Å². The lowest BCUT2D eigenvalue weighted by molar-refractivity contribution is -0.141. The maximum atomic E-state index is 13.9. The standard InChI is InChI=1S/C38H32N2O4S2/c1-40-27(20-39)38-45-34-32(43-36(41)21-12-4-2-5-13-21)30-28-23-16-8-10-18-25(23)29(26-19-11-9-17-24(26)28)31(30)33(35(34)46-38)44-37(42)22-14-6-3-7-15-22/h8-11,16-19,21-22,28-29H,2-7,12-15H2. The summed E-state index contributed by atoms with van der Waals surface area (Å²) in [7, 11) is 0. The summed E-state index contributed by atoms with van der Waals surface area (Å²) in [6, 6.07) is 18.9. The minimum Gasteiger partial charge on any atom is -0.425 e. The van der Waals surface area contributed by atoms with Gasteiger partial charge in [-0.3, -0.25) is 9.59 Å². The number of thioether (sulfide) groups is 2. The minimum absolute atomic E-state index is 0.0205. The van der Waals surface area contributed by atoms with Gasteiger partial charge in [0.25, 0.3) is 5.70 Å². The van der Waals surface area contributed by atoms with Crippen molar-refractivity contribution in [1.82, 2.24) is 0 Å². The lowest BCUT2D eigenvalue weighted by Crippen LogP contribution is -2.31. The molecule has 9 rings (SSSR count). The summed E-state index contributed by atoms with van der Waals surface area (Å²) in [6.45, 7) is 7.70. The molecule has 1 aliphatic heterocycles. The summed E-state index contributed by atoms with van der Waals surface area (Å²) in [6.07, 6.45) is 9.50. The van der Waals surface area contributed by atoms with E-state index in [2.05, 4.69) is 29.1 Å².